The Morgan fingerprint density at radius 3 is 2.84 bits per heavy atom. The zero-order valence-corrected chi connectivity index (χ0v) is 12.6. The van der Waals surface area contributed by atoms with Crippen molar-refractivity contribution in [2.75, 3.05) is 26.2 Å². The second-order valence-corrected chi connectivity index (χ2v) is 5.60. The Bertz CT molecular complexity index is 430. The number of hydrogen-bond donors (Lipinski definition) is 1. The maximum absolute atomic E-state index is 13.7. The lowest BCUT2D eigenvalue weighted by Crippen LogP contribution is -2.45. The third-order valence-corrected chi connectivity index (χ3v) is 4.41. The Labute approximate surface area is 122 Å². The van der Waals surface area contributed by atoms with Crippen molar-refractivity contribution in [3.05, 3.63) is 46.7 Å². The quantitative estimate of drug-likeness (QED) is 0.833. The monoisotopic (exact) mass is 326 g/mol. The summed E-state index contributed by atoms with van der Waals surface area (Å²) in [6.07, 6.45) is 3.85. The molecule has 1 aromatic rings. The molecular weight excluding hydrogens is 307 g/mol. The number of nitrogens with one attached hydrogen (secondary N) is 1. The van der Waals surface area contributed by atoms with Crippen molar-refractivity contribution in [1.29, 1.82) is 0 Å². The second-order valence-electron chi connectivity index (χ2n) is 4.81. The first-order valence-corrected chi connectivity index (χ1v) is 7.53. The van der Waals surface area contributed by atoms with Gasteiger partial charge in [0.25, 0.3) is 0 Å². The van der Waals surface area contributed by atoms with Crippen LogP contribution in [-0.4, -0.2) is 31.1 Å². The number of allylic oxidation sites excluding steroid dienone is 1. The van der Waals surface area contributed by atoms with E-state index < -0.39 is 0 Å². The number of nitrogens with zero attached hydrogens (tertiary/aromatic N) is 1. The van der Waals surface area contributed by atoms with Crippen LogP contribution in [0.5, 0.6) is 0 Å². The van der Waals surface area contributed by atoms with Crippen LogP contribution in [0.25, 0.3) is 0 Å². The molecule has 1 aliphatic rings. The summed E-state index contributed by atoms with van der Waals surface area (Å²) in [5.74, 6) is -0.184. The number of rotatable bonds is 5. The largest absolute Gasteiger partial charge is 0.314 e. The topological polar surface area (TPSA) is 15.3 Å². The lowest BCUT2D eigenvalue weighted by Gasteiger charge is -2.35. The van der Waals surface area contributed by atoms with E-state index in [9.17, 15) is 4.39 Å². The Balaban J connectivity index is 2.24. The van der Waals surface area contributed by atoms with E-state index in [0.717, 1.165) is 44.6 Å². The average molecular weight is 327 g/mol. The number of halogens is 2. The number of benzene rings is 1. The third kappa shape index (κ3) is 3.65. The second kappa shape index (κ2) is 7.17. The molecule has 0 spiro atoms. The fourth-order valence-corrected chi connectivity index (χ4v) is 3.11. The number of hydrogen-bond acceptors (Lipinski definition) is 2. The summed E-state index contributed by atoms with van der Waals surface area (Å²) in [4.78, 5) is 2.43. The fourth-order valence-electron chi connectivity index (χ4n) is 2.58. The molecule has 2 nitrogen and oxygen atoms in total. The molecular formula is C15H20BrFN2. The van der Waals surface area contributed by atoms with Gasteiger partial charge in [0, 0.05) is 32.2 Å². The molecule has 104 valence electrons. The molecule has 1 N–H and O–H groups in total. The average Bonchev–Trinajstić information content (AvgIpc) is 2.45. The lowest BCUT2D eigenvalue weighted by molar-refractivity contribution is 0.165. The Morgan fingerprint density at radius 1 is 1.42 bits per heavy atom. The van der Waals surface area contributed by atoms with Gasteiger partial charge in [0.1, 0.15) is 5.82 Å². The van der Waals surface area contributed by atoms with Crippen LogP contribution >= 0.6 is 15.9 Å². The Kier molecular flexibility index (Phi) is 5.55. The van der Waals surface area contributed by atoms with Crippen molar-refractivity contribution in [3.63, 3.8) is 0 Å². The van der Waals surface area contributed by atoms with E-state index in [1.165, 1.54) is 6.07 Å². The molecule has 19 heavy (non-hydrogen) atoms. The van der Waals surface area contributed by atoms with E-state index in [1.807, 2.05) is 12.1 Å². The predicted molar refractivity (Wildman–Crippen MR) is 80.7 cm³/mol. The van der Waals surface area contributed by atoms with E-state index in [1.54, 1.807) is 6.07 Å². The van der Waals surface area contributed by atoms with Gasteiger partial charge in [-0.1, -0.05) is 18.2 Å². The van der Waals surface area contributed by atoms with Crippen molar-refractivity contribution in [2.45, 2.75) is 18.9 Å². The van der Waals surface area contributed by atoms with Crippen molar-refractivity contribution < 1.29 is 4.39 Å². The van der Waals surface area contributed by atoms with Gasteiger partial charge in [-0.15, -0.1) is 6.58 Å². The highest BCUT2D eigenvalue weighted by Crippen LogP contribution is 2.33. The third-order valence-electron chi connectivity index (χ3n) is 3.58. The van der Waals surface area contributed by atoms with Gasteiger partial charge < -0.3 is 5.32 Å². The highest BCUT2D eigenvalue weighted by Gasteiger charge is 2.24. The van der Waals surface area contributed by atoms with Crippen LogP contribution in [0.15, 0.2) is 35.3 Å². The van der Waals surface area contributed by atoms with Crippen LogP contribution in [-0.2, 0) is 0 Å². The zero-order valence-electron chi connectivity index (χ0n) is 11.0. The molecule has 0 radical (unpaired) electrons. The summed E-state index contributed by atoms with van der Waals surface area (Å²) in [5, 5.41) is 3.36. The molecule has 0 unspecified atom stereocenters. The molecule has 0 amide bonds. The minimum absolute atomic E-state index is 0.184. The first kappa shape index (κ1) is 14.7. The lowest BCUT2D eigenvalue weighted by atomic mass is 9.99. The van der Waals surface area contributed by atoms with Gasteiger partial charge in [-0.25, -0.2) is 4.39 Å². The van der Waals surface area contributed by atoms with Crippen molar-refractivity contribution in [3.8, 4) is 0 Å². The standard InChI is InChI=1S/C15H20BrFN2/c1-2-3-7-14(19-10-8-18-9-11-19)12-5-4-6-13(17)15(12)16/h2,4-6,14,18H,1,3,7-11H2/t14-/m1/s1. The van der Waals surface area contributed by atoms with E-state index in [0.29, 0.717) is 4.47 Å². The minimum Gasteiger partial charge on any atom is -0.314 e. The van der Waals surface area contributed by atoms with Gasteiger partial charge in [-0.2, -0.15) is 0 Å². The molecule has 0 saturated carbocycles. The maximum atomic E-state index is 13.7. The zero-order chi connectivity index (χ0) is 13.7. The first-order chi connectivity index (χ1) is 9.24. The van der Waals surface area contributed by atoms with Crippen LogP contribution in [0.2, 0.25) is 0 Å². The summed E-state index contributed by atoms with van der Waals surface area (Å²) >= 11 is 3.40. The highest BCUT2D eigenvalue weighted by molar-refractivity contribution is 9.10. The van der Waals surface area contributed by atoms with Gasteiger partial charge in [0.15, 0.2) is 0 Å². The summed E-state index contributed by atoms with van der Waals surface area (Å²) in [6, 6.07) is 5.56. The minimum atomic E-state index is -0.184. The van der Waals surface area contributed by atoms with Gasteiger partial charge in [0.05, 0.1) is 4.47 Å². The van der Waals surface area contributed by atoms with Crippen LogP contribution in [0, 0.1) is 5.82 Å². The van der Waals surface area contributed by atoms with Gasteiger partial charge in [-0.3, -0.25) is 4.90 Å². The van der Waals surface area contributed by atoms with E-state index >= 15 is 0 Å². The normalized spacial score (nSPS) is 18.2. The molecule has 1 aromatic carbocycles. The van der Waals surface area contributed by atoms with Crippen molar-refractivity contribution >= 4 is 15.9 Å². The SMILES string of the molecule is C=CCC[C@H](c1cccc(F)c1Br)N1CCNCC1. The van der Waals surface area contributed by atoms with Crippen LogP contribution < -0.4 is 5.32 Å². The summed E-state index contributed by atoms with van der Waals surface area (Å²) < 4.78 is 14.3. The molecule has 1 saturated heterocycles. The molecule has 1 aliphatic heterocycles. The van der Waals surface area contributed by atoms with E-state index in [2.05, 4.69) is 32.7 Å². The van der Waals surface area contributed by atoms with Gasteiger partial charge in [-0.05, 0) is 40.4 Å². The van der Waals surface area contributed by atoms with E-state index in [4.69, 9.17) is 0 Å². The summed E-state index contributed by atoms with van der Waals surface area (Å²) in [6.45, 7) is 7.80. The molecule has 0 aliphatic carbocycles. The molecule has 4 heteroatoms. The van der Waals surface area contributed by atoms with Crippen LogP contribution in [0.1, 0.15) is 24.4 Å². The van der Waals surface area contributed by atoms with Crippen LogP contribution in [0.3, 0.4) is 0 Å². The Hall–Kier alpha value is -0.710. The Morgan fingerprint density at radius 2 is 2.16 bits per heavy atom. The smallest absolute Gasteiger partial charge is 0.137 e. The fraction of sp³-hybridized carbons (Fsp3) is 0.467. The molecule has 0 aromatic heterocycles. The molecule has 2 rings (SSSR count). The van der Waals surface area contributed by atoms with Gasteiger partial charge >= 0.3 is 0 Å². The molecule has 1 fully saturated rings. The first-order valence-electron chi connectivity index (χ1n) is 6.73. The van der Waals surface area contributed by atoms with Gasteiger partial charge in [0.2, 0.25) is 0 Å². The maximum Gasteiger partial charge on any atom is 0.137 e. The van der Waals surface area contributed by atoms with E-state index in [-0.39, 0.29) is 11.9 Å². The van der Waals surface area contributed by atoms with Crippen LogP contribution in [0.4, 0.5) is 4.39 Å². The van der Waals surface area contributed by atoms with Crippen molar-refractivity contribution in [1.82, 2.24) is 10.2 Å². The molecule has 1 heterocycles. The van der Waals surface area contributed by atoms with Crippen molar-refractivity contribution in [2.24, 2.45) is 0 Å². The molecule has 1 atom stereocenters. The summed E-state index contributed by atoms with van der Waals surface area (Å²) in [5.41, 5.74) is 1.05. The molecule has 0 bridgehead atoms. The highest BCUT2D eigenvalue weighted by atomic mass is 79.9. The number of piperazine rings is 1. The summed E-state index contributed by atoms with van der Waals surface area (Å²) in [7, 11) is 0. The predicted octanol–water partition coefficient (Wildman–Crippen LogP) is 3.50.